The van der Waals surface area contributed by atoms with Gasteiger partial charge in [0.2, 0.25) is 0 Å². The molecule has 0 saturated carbocycles. The SMILES string of the molecule is COc1ccc(C(=O)N2CCSCC2C(=O)O)cc1Br. The number of ether oxygens (including phenoxy) is 1. The van der Waals surface area contributed by atoms with Crippen molar-refractivity contribution in [2.45, 2.75) is 6.04 Å². The van der Waals surface area contributed by atoms with E-state index in [0.717, 1.165) is 5.75 Å². The van der Waals surface area contributed by atoms with Crippen molar-refractivity contribution in [3.63, 3.8) is 0 Å². The zero-order valence-electron chi connectivity index (χ0n) is 10.8. The lowest BCUT2D eigenvalue weighted by Gasteiger charge is -2.32. The quantitative estimate of drug-likeness (QED) is 0.894. The fraction of sp³-hybridized carbons (Fsp3) is 0.385. The van der Waals surface area contributed by atoms with E-state index in [0.29, 0.717) is 28.1 Å². The van der Waals surface area contributed by atoms with E-state index in [4.69, 9.17) is 4.74 Å². The molecule has 1 saturated heterocycles. The molecule has 7 heteroatoms. The summed E-state index contributed by atoms with van der Waals surface area (Å²) in [6, 6.07) is 4.22. The van der Waals surface area contributed by atoms with Gasteiger partial charge >= 0.3 is 5.97 Å². The lowest BCUT2D eigenvalue weighted by Crippen LogP contribution is -2.50. The lowest BCUT2D eigenvalue weighted by molar-refractivity contribution is -0.141. The van der Waals surface area contributed by atoms with E-state index in [1.165, 1.54) is 4.90 Å². The van der Waals surface area contributed by atoms with Crippen LogP contribution in [-0.2, 0) is 4.79 Å². The Morgan fingerprint density at radius 1 is 1.50 bits per heavy atom. The standard InChI is InChI=1S/C13H14BrNO4S/c1-19-11-3-2-8(6-9(11)14)12(16)15-4-5-20-7-10(15)13(17)18/h2-3,6,10H,4-5,7H2,1H3,(H,17,18). The number of hydrogen-bond acceptors (Lipinski definition) is 4. The largest absolute Gasteiger partial charge is 0.496 e. The van der Waals surface area contributed by atoms with Crippen molar-refractivity contribution in [1.29, 1.82) is 0 Å². The summed E-state index contributed by atoms with van der Waals surface area (Å²) in [5.74, 6) is 0.593. The predicted molar refractivity (Wildman–Crippen MR) is 80.5 cm³/mol. The van der Waals surface area contributed by atoms with Gasteiger partial charge in [0, 0.05) is 23.6 Å². The summed E-state index contributed by atoms with van der Waals surface area (Å²) in [6.45, 7) is 0.449. The molecule has 5 nitrogen and oxygen atoms in total. The number of methoxy groups -OCH3 is 1. The molecule has 1 aliphatic rings. The Labute approximate surface area is 129 Å². The van der Waals surface area contributed by atoms with E-state index in [-0.39, 0.29) is 5.91 Å². The van der Waals surface area contributed by atoms with Crippen LogP contribution < -0.4 is 4.74 Å². The zero-order chi connectivity index (χ0) is 14.7. The molecule has 1 N–H and O–H groups in total. The second-order valence-corrected chi connectivity index (χ2v) is 6.28. The van der Waals surface area contributed by atoms with Crippen LogP contribution in [0.25, 0.3) is 0 Å². The molecule has 0 spiro atoms. The molecule has 0 aromatic heterocycles. The summed E-state index contributed by atoms with van der Waals surface area (Å²) in [5.41, 5.74) is 0.454. The van der Waals surface area contributed by atoms with Crippen molar-refractivity contribution in [3.8, 4) is 5.75 Å². The van der Waals surface area contributed by atoms with Crippen LogP contribution in [-0.4, -0.2) is 53.1 Å². The second kappa shape index (κ2) is 6.49. The van der Waals surface area contributed by atoms with E-state index in [9.17, 15) is 14.7 Å². The first-order chi connectivity index (χ1) is 9.54. The highest BCUT2D eigenvalue weighted by Crippen LogP contribution is 2.27. The fourth-order valence-electron chi connectivity index (χ4n) is 2.02. The average molecular weight is 360 g/mol. The number of nitrogens with zero attached hydrogens (tertiary/aromatic N) is 1. The number of amides is 1. The van der Waals surface area contributed by atoms with Crippen LogP contribution in [0.4, 0.5) is 0 Å². The minimum atomic E-state index is -0.960. The molecule has 1 heterocycles. The van der Waals surface area contributed by atoms with Gasteiger partial charge in [-0.3, -0.25) is 4.79 Å². The van der Waals surface area contributed by atoms with Gasteiger partial charge in [-0.1, -0.05) is 0 Å². The van der Waals surface area contributed by atoms with Gasteiger partial charge in [-0.05, 0) is 34.1 Å². The predicted octanol–water partition coefficient (Wildman–Crippen LogP) is 2.10. The molecule has 1 aromatic rings. The molecule has 1 unspecified atom stereocenters. The molecule has 1 aromatic carbocycles. The van der Waals surface area contributed by atoms with Crippen molar-refractivity contribution in [3.05, 3.63) is 28.2 Å². The average Bonchev–Trinajstić information content (AvgIpc) is 2.46. The highest BCUT2D eigenvalue weighted by atomic mass is 79.9. The molecule has 1 aliphatic heterocycles. The van der Waals surface area contributed by atoms with Crippen LogP contribution >= 0.6 is 27.7 Å². The van der Waals surface area contributed by atoms with E-state index in [1.54, 1.807) is 37.1 Å². The fourth-order valence-corrected chi connectivity index (χ4v) is 3.60. The molecular formula is C13H14BrNO4S. The lowest BCUT2D eigenvalue weighted by atomic mass is 10.1. The molecule has 2 rings (SSSR count). The third kappa shape index (κ3) is 3.09. The van der Waals surface area contributed by atoms with Gasteiger partial charge in [0.25, 0.3) is 5.91 Å². The third-order valence-corrected chi connectivity index (χ3v) is 4.72. The van der Waals surface area contributed by atoms with Crippen molar-refractivity contribution >= 4 is 39.6 Å². The van der Waals surface area contributed by atoms with Crippen molar-refractivity contribution in [2.75, 3.05) is 25.2 Å². The van der Waals surface area contributed by atoms with Crippen LogP contribution in [0, 0.1) is 0 Å². The van der Waals surface area contributed by atoms with Crippen LogP contribution in [0.1, 0.15) is 10.4 Å². The maximum Gasteiger partial charge on any atom is 0.327 e. The maximum atomic E-state index is 12.5. The monoisotopic (exact) mass is 359 g/mol. The topological polar surface area (TPSA) is 66.8 Å². The molecule has 0 radical (unpaired) electrons. The van der Waals surface area contributed by atoms with Gasteiger partial charge in [0.15, 0.2) is 0 Å². The third-order valence-electron chi connectivity index (χ3n) is 3.07. The number of thioether (sulfide) groups is 1. The normalized spacial score (nSPS) is 18.7. The minimum absolute atomic E-state index is 0.263. The van der Waals surface area contributed by atoms with Gasteiger partial charge in [-0.15, -0.1) is 0 Å². The minimum Gasteiger partial charge on any atom is -0.496 e. The van der Waals surface area contributed by atoms with Crippen molar-refractivity contribution < 1.29 is 19.4 Å². The van der Waals surface area contributed by atoms with Crippen molar-refractivity contribution in [2.24, 2.45) is 0 Å². The molecule has 0 aliphatic carbocycles. The van der Waals surface area contributed by atoms with Gasteiger partial charge < -0.3 is 14.7 Å². The Morgan fingerprint density at radius 2 is 2.25 bits per heavy atom. The molecule has 20 heavy (non-hydrogen) atoms. The molecule has 1 atom stereocenters. The molecular weight excluding hydrogens is 346 g/mol. The highest BCUT2D eigenvalue weighted by Gasteiger charge is 2.32. The van der Waals surface area contributed by atoms with E-state index in [2.05, 4.69) is 15.9 Å². The van der Waals surface area contributed by atoms with Crippen LogP contribution in [0.2, 0.25) is 0 Å². The van der Waals surface area contributed by atoms with Gasteiger partial charge in [-0.2, -0.15) is 11.8 Å². The summed E-state index contributed by atoms with van der Waals surface area (Å²) in [6.07, 6.45) is 0. The number of carbonyl (C=O) groups excluding carboxylic acids is 1. The summed E-state index contributed by atoms with van der Waals surface area (Å²) < 4.78 is 5.79. The number of rotatable bonds is 3. The van der Waals surface area contributed by atoms with Crippen molar-refractivity contribution in [1.82, 2.24) is 4.90 Å². The Kier molecular flexibility index (Phi) is 4.93. The van der Waals surface area contributed by atoms with E-state index < -0.39 is 12.0 Å². The Bertz CT molecular complexity index is 537. The van der Waals surface area contributed by atoms with Crippen LogP contribution in [0.15, 0.2) is 22.7 Å². The number of benzene rings is 1. The number of carboxylic acids is 1. The molecule has 108 valence electrons. The van der Waals surface area contributed by atoms with E-state index >= 15 is 0 Å². The number of carboxylic acid groups (broad SMARTS) is 1. The number of halogens is 1. The van der Waals surface area contributed by atoms with Gasteiger partial charge in [-0.25, -0.2) is 4.79 Å². The molecule has 1 fully saturated rings. The Morgan fingerprint density at radius 3 is 2.85 bits per heavy atom. The summed E-state index contributed by atoms with van der Waals surface area (Å²) in [7, 11) is 1.55. The molecule has 0 bridgehead atoms. The first-order valence-corrected chi connectivity index (χ1v) is 7.94. The van der Waals surface area contributed by atoms with Gasteiger partial charge in [0.1, 0.15) is 11.8 Å². The summed E-state index contributed by atoms with van der Waals surface area (Å²) in [4.78, 5) is 25.1. The van der Waals surface area contributed by atoms with Gasteiger partial charge in [0.05, 0.1) is 11.6 Å². The second-order valence-electron chi connectivity index (χ2n) is 4.28. The summed E-state index contributed by atoms with van der Waals surface area (Å²) >= 11 is 4.88. The van der Waals surface area contributed by atoms with Crippen LogP contribution in [0.3, 0.4) is 0 Å². The van der Waals surface area contributed by atoms with Crippen LogP contribution in [0.5, 0.6) is 5.75 Å². The number of hydrogen-bond donors (Lipinski definition) is 1. The summed E-state index contributed by atoms with van der Waals surface area (Å²) in [5, 5.41) is 9.20. The maximum absolute atomic E-state index is 12.5. The smallest absolute Gasteiger partial charge is 0.327 e. The number of carbonyl (C=O) groups is 2. The first kappa shape index (κ1) is 15.2. The Balaban J connectivity index is 2.25. The zero-order valence-corrected chi connectivity index (χ0v) is 13.2. The molecule has 1 amide bonds. The number of aliphatic carboxylic acids is 1. The first-order valence-electron chi connectivity index (χ1n) is 5.99. The Hall–Kier alpha value is -1.21. The van der Waals surface area contributed by atoms with E-state index in [1.807, 2.05) is 0 Å². The highest BCUT2D eigenvalue weighted by molar-refractivity contribution is 9.10.